The first-order valence-corrected chi connectivity index (χ1v) is 11.4. The monoisotopic (exact) mass is 437 g/mol. The maximum atomic E-state index is 13.3. The molecular weight excluding hydrogens is 413 g/mol. The average molecular weight is 438 g/mol. The first kappa shape index (κ1) is 21.3. The van der Waals surface area contributed by atoms with E-state index in [1.807, 2.05) is 18.2 Å². The van der Waals surface area contributed by atoms with Crippen molar-refractivity contribution < 1.29 is 9.18 Å². The van der Waals surface area contributed by atoms with Crippen LogP contribution in [0.2, 0.25) is 0 Å². The first-order chi connectivity index (χ1) is 15.1. The number of thioether (sulfide) groups is 1. The van der Waals surface area contributed by atoms with Crippen molar-refractivity contribution in [2.24, 2.45) is 0 Å². The number of amides is 1. The molecule has 0 radical (unpaired) electrons. The van der Waals surface area contributed by atoms with Crippen LogP contribution in [0.4, 0.5) is 10.1 Å². The van der Waals surface area contributed by atoms with Gasteiger partial charge in [0.1, 0.15) is 5.82 Å². The first-order valence-electron chi connectivity index (χ1n) is 10.5. The molecule has 1 aliphatic carbocycles. The Balaban J connectivity index is 1.54. The average Bonchev–Trinajstić information content (AvgIpc) is 2.78. The number of hydrogen-bond donors (Lipinski definition) is 1. The molecule has 5 nitrogen and oxygen atoms in total. The summed E-state index contributed by atoms with van der Waals surface area (Å²) in [6.45, 7) is 0.538. The van der Waals surface area contributed by atoms with E-state index in [-0.39, 0.29) is 17.2 Å². The molecule has 1 aromatic heterocycles. The molecule has 0 saturated heterocycles. The summed E-state index contributed by atoms with van der Waals surface area (Å²) in [6, 6.07) is 13.0. The molecule has 0 atom stereocenters. The number of nitrogens with one attached hydrogen (secondary N) is 1. The minimum absolute atomic E-state index is 0.0734. The Kier molecular flexibility index (Phi) is 6.82. The van der Waals surface area contributed by atoms with Gasteiger partial charge in [-0.25, -0.2) is 9.37 Å². The molecule has 31 heavy (non-hydrogen) atoms. The molecule has 0 unspecified atom stereocenters. The fourth-order valence-electron chi connectivity index (χ4n) is 3.74. The van der Waals surface area contributed by atoms with Crippen molar-refractivity contribution >= 4 is 34.3 Å². The Hall–Kier alpha value is -2.93. The lowest BCUT2D eigenvalue weighted by Gasteiger charge is -2.16. The lowest BCUT2D eigenvalue weighted by molar-refractivity contribution is -0.113. The highest BCUT2D eigenvalue weighted by molar-refractivity contribution is 7.99. The number of carbonyl (C=O) groups is 1. The van der Waals surface area contributed by atoms with Crippen LogP contribution in [0.3, 0.4) is 0 Å². The van der Waals surface area contributed by atoms with Gasteiger partial charge in [-0.05, 0) is 62.4 Å². The number of allylic oxidation sites excluding steroid dienone is 2. The van der Waals surface area contributed by atoms with Gasteiger partial charge >= 0.3 is 0 Å². The zero-order valence-corrected chi connectivity index (χ0v) is 18.0. The fraction of sp³-hybridized carbons (Fsp3) is 0.292. The summed E-state index contributed by atoms with van der Waals surface area (Å²) >= 11 is 1.22. The number of hydrogen-bond acceptors (Lipinski definition) is 4. The van der Waals surface area contributed by atoms with Crippen LogP contribution >= 0.6 is 11.8 Å². The summed E-state index contributed by atoms with van der Waals surface area (Å²) in [4.78, 5) is 30.2. The van der Waals surface area contributed by atoms with Gasteiger partial charge in [0.05, 0.1) is 16.7 Å². The second-order valence-electron chi connectivity index (χ2n) is 7.57. The number of rotatable bonds is 7. The number of benzene rings is 2. The van der Waals surface area contributed by atoms with Gasteiger partial charge in [0.15, 0.2) is 5.16 Å². The highest BCUT2D eigenvalue weighted by Crippen LogP contribution is 2.23. The van der Waals surface area contributed by atoms with E-state index in [1.54, 1.807) is 22.8 Å². The van der Waals surface area contributed by atoms with Crippen LogP contribution in [0.1, 0.15) is 32.1 Å². The van der Waals surface area contributed by atoms with E-state index < -0.39 is 5.82 Å². The van der Waals surface area contributed by atoms with Crippen molar-refractivity contribution in [3.63, 3.8) is 0 Å². The largest absolute Gasteiger partial charge is 0.325 e. The lowest BCUT2D eigenvalue weighted by atomic mass is 9.97. The topological polar surface area (TPSA) is 64.0 Å². The van der Waals surface area contributed by atoms with Crippen molar-refractivity contribution in [3.8, 4) is 0 Å². The van der Waals surface area contributed by atoms with E-state index >= 15 is 0 Å². The number of anilines is 1. The molecule has 0 spiro atoms. The third-order valence-electron chi connectivity index (χ3n) is 5.31. The summed E-state index contributed by atoms with van der Waals surface area (Å²) in [5, 5.41) is 3.78. The van der Waals surface area contributed by atoms with E-state index in [4.69, 9.17) is 0 Å². The predicted molar refractivity (Wildman–Crippen MR) is 123 cm³/mol. The molecule has 4 rings (SSSR count). The molecule has 160 valence electrons. The summed E-state index contributed by atoms with van der Waals surface area (Å²) in [5.74, 6) is -0.615. The van der Waals surface area contributed by atoms with Gasteiger partial charge in [-0.3, -0.25) is 14.2 Å². The smallest absolute Gasteiger partial charge is 0.262 e. The van der Waals surface area contributed by atoms with Gasteiger partial charge in [-0.2, -0.15) is 0 Å². The number of fused-ring (bicyclic) bond motifs is 1. The molecule has 3 aromatic rings. The van der Waals surface area contributed by atoms with E-state index in [1.165, 1.54) is 42.3 Å². The summed E-state index contributed by atoms with van der Waals surface area (Å²) < 4.78 is 15.0. The van der Waals surface area contributed by atoms with Gasteiger partial charge in [-0.1, -0.05) is 41.6 Å². The normalized spacial score (nSPS) is 13.8. The van der Waals surface area contributed by atoms with Crippen LogP contribution in [0, 0.1) is 5.82 Å². The Bertz CT molecular complexity index is 1190. The maximum Gasteiger partial charge on any atom is 0.262 e. The van der Waals surface area contributed by atoms with E-state index in [9.17, 15) is 14.0 Å². The molecule has 1 aliphatic rings. The molecule has 7 heteroatoms. The van der Waals surface area contributed by atoms with E-state index in [0.29, 0.717) is 28.3 Å². The number of para-hydroxylation sites is 1. The molecule has 1 heterocycles. The number of nitrogens with zero attached hydrogens (tertiary/aromatic N) is 2. The van der Waals surface area contributed by atoms with Crippen molar-refractivity contribution in [2.45, 2.75) is 43.8 Å². The van der Waals surface area contributed by atoms with Crippen LogP contribution in [0.15, 0.2) is 70.1 Å². The third-order valence-corrected chi connectivity index (χ3v) is 6.29. The molecule has 0 bridgehead atoms. The lowest BCUT2D eigenvalue weighted by Crippen LogP contribution is -2.24. The van der Waals surface area contributed by atoms with Crippen molar-refractivity contribution in [1.82, 2.24) is 9.55 Å². The van der Waals surface area contributed by atoms with Crippen LogP contribution < -0.4 is 10.9 Å². The summed E-state index contributed by atoms with van der Waals surface area (Å²) in [7, 11) is 0. The highest BCUT2D eigenvalue weighted by Gasteiger charge is 2.14. The van der Waals surface area contributed by atoms with E-state index in [0.717, 1.165) is 19.3 Å². The van der Waals surface area contributed by atoms with Crippen LogP contribution in [-0.4, -0.2) is 21.2 Å². The van der Waals surface area contributed by atoms with Crippen molar-refractivity contribution in [2.75, 3.05) is 11.1 Å². The predicted octanol–water partition coefficient (Wildman–Crippen LogP) is 5.16. The van der Waals surface area contributed by atoms with Crippen molar-refractivity contribution in [1.29, 1.82) is 0 Å². The standard InChI is InChI=1S/C24H24FN3O2S/c25-18-9-6-10-19(15-18)26-22(29)16-31-24-27-21-12-5-4-11-20(21)23(30)28(24)14-13-17-7-2-1-3-8-17/h4-7,9-12,15H,1-3,8,13-14,16H2,(H,26,29). The number of carbonyl (C=O) groups excluding carboxylic acids is 1. The van der Waals surface area contributed by atoms with Gasteiger partial charge in [0.2, 0.25) is 5.91 Å². The number of halogens is 1. The van der Waals surface area contributed by atoms with E-state index in [2.05, 4.69) is 16.4 Å². The van der Waals surface area contributed by atoms with Gasteiger partial charge in [0.25, 0.3) is 5.56 Å². The van der Waals surface area contributed by atoms with Gasteiger partial charge in [-0.15, -0.1) is 0 Å². The third kappa shape index (κ3) is 5.41. The fourth-order valence-corrected chi connectivity index (χ4v) is 4.56. The highest BCUT2D eigenvalue weighted by atomic mass is 32.2. The van der Waals surface area contributed by atoms with Crippen LogP contribution in [0.25, 0.3) is 10.9 Å². The zero-order chi connectivity index (χ0) is 21.6. The molecule has 1 amide bonds. The molecule has 1 N–H and O–H groups in total. The molecule has 0 aliphatic heterocycles. The minimum Gasteiger partial charge on any atom is -0.325 e. The Morgan fingerprint density at radius 2 is 2.03 bits per heavy atom. The van der Waals surface area contributed by atoms with Crippen LogP contribution in [0.5, 0.6) is 0 Å². The second kappa shape index (κ2) is 9.92. The quantitative estimate of drug-likeness (QED) is 0.315. The number of aromatic nitrogens is 2. The van der Waals surface area contributed by atoms with Crippen LogP contribution in [-0.2, 0) is 11.3 Å². The summed E-state index contributed by atoms with van der Waals surface area (Å²) in [6.07, 6.45) is 7.68. The Labute approximate surface area is 184 Å². The molecule has 0 fully saturated rings. The second-order valence-corrected chi connectivity index (χ2v) is 8.52. The Morgan fingerprint density at radius 3 is 2.84 bits per heavy atom. The van der Waals surface area contributed by atoms with Crippen molar-refractivity contribution in [3.05, 3.63) is 76.4 Å². The minimum atomic E-state index is -0.410. The zero-order valence-electron chi connectivity index (χ0n) is 17.1. The Morgan fingerprint density at radius 1 is 1.16 bits per heavy atom. The van der Waals surface area contributed by atoms with Gasteiger partial charge in [0, 0.05) is 12.2 Å². The van der Waals surface area contributed by atoms with Gasteiger partial charge < -0.3 is 5.32 Å². The molecular formula is C24H24FN3O2S. The molecule has 0 saturated carbocycles. The molecule has 2 aromatic carbocycles. The maximum absolute atomic E-state index is 13.3. The SMILES string of the molecule is O=C(CSc1nc2ccccc2c(=O)n1CCC1=CCCCC1)Nc1cccc(F)c1. The summed E-state index contributed by atoms with van der Waals surface area (Å²) in [5.41, 5.74) is 2.31.